The summed E-state index contributed by atoms with van der Waals surface area (Å²) in [6, 6.07) is -1.14. The Labute approximate surface area is 315 Å². The molecule has 0 unspecified atom stereocenters. The molecular weight excluding hydrogens is 680 g/mol. The van der Waals surface area contributed by atoms with Crippen molar-refractivity contribution in [1.82, 2.24) is 10.4 Å². The number of rotatable bonds is 9. The van der Waals surface area contributed by atoms with E-state index in [-0.39, 0.29) is 46.1 Å². The van der Waals surface area contributed by atoms with Gasteiger partial charge in [-0.05, 0) is 117 Å². The number of esters is 1. The normalized spacial score (nSPS) is 47.4. The fourth-order valence-corrected chi connectivity index (χ4v) is 14.0. The molecule has 5 aliphatic carbocycles. The number of carbonyl (C=O) groups is 3. The summed E-state index contributed by atoms with van der Waals surface area (Å²) < 4.78 is 12.1. The van der Waals surface area contributed by atoms with Crippen LogP contribution in [-0.2, 0) is 28.7 Å². The summed E-state index contributed by atoms with van der Waals surface area (Å²) in [5.41, 5.74) is 0.269. The van der Waals surface area contributed by atoms with Gasteiger partial charge < -0.3 is 35.2 Å². The van der Waals surface area contributed by atoms with Crippen molar-refractivity contribution < 1.29 is 49.1 Å². The third-order valence-corrected chi connectivity index (χ3v) is 16.8. The van der Waals surface area contributed by atoms with E-state index in [0.717, 1.165) is 63.4 Å². The zero-order valence-corrected chi connectivity index (χ0v) is 33.2. The fourth-order valence-electron chi connectivity index (χ4n) is 14.0. The second kappa shape index (κ2) is 14.1. The monoisotopic (exact) mass is 746 g/mol. The Kier molecular flexibility index (Phi) is 10.8. The number of ether oxygens (including phenoxy) is 2. The molecule has 1 aliphatic heterocycles. The number of nitrogens with zero attached hydrogens (tertiary/aromatic N) is 1. The third-order valence-electron chi connectivity index (χ3n) is 16.8. The first-order valence-corrected chi connectivity index (χ1v) is 20.0. The van der Waals surface area contributed by atoms with Gasteiger partial charge in [-0.2, -0.15) is 0 Å². The number of aliphatic hydroxyl groups excluding tert-OH is 3. The maximum atomic E-state index is 13.7. The van der Waals surface area contributed by atoms with Crippen LogP contribution in [0, 0.1) is 56.7 Å². The Hall–Kier alpha value is -2.09. The topological polar surface area (TPSA) is 175 Å². The second-order valence-electron chi connectivity index (χ2n) is 19.2. The number of carbonyl (C=O) groups excluding carboxylic acids is 2. The standard InChI is InChI=1S/C41H66N2O10/c1-22(2)24-12-17-41(36(49)50)19-18-39(7)25(31(24)41)10-11-28-38(6)15-14-29(37(4,5)27(38)13-16-40(28,39)8)53-30(46)20-43(51-9)35-32(42-23(3)45)34(48)33(47)26(21-44)52-35/h24-29,31-35,44,47-48H,1,10-21H2,2-9H3,(H,42,45)(H,49,50)/t24-,25+,26+,27-,28+,29-,31+,32+,33-,34+,35-,38-,39+,40+,41-/m0/s1. The number of hydrogen-bond donors (Lipinski definition) is 5. The molecule has 53 heavy (non-hydrogen) atoms. The summed E-state index contributed by atoms with van der Waals surface area (Å²) in [4.78, 5) is 44.2. The fraction of sp³-hybridized carbons (Fsp3) is 0.878. The lowest BCUT2D eigenvalue weighted by atomic mass is 9.32. The van der Waals surface area contributed by atoms with E-state index in [0.29, 0.717) is 24.2 Å². The largest absolute Gasteiger partial charge is 0.481 e. The molecule has 6 aliphatic rings. The highest BCUT2D eigenvalue weighted by atomic mass is 16.7. The molecule has 0 aromatic carbocycles. The lowest BCUT2D eigenvalue weighted by Gasteiger charge is -2.72. The Morgan fingerprint density at radius 2 is 1.58 bits per heavy atom. The van der Waals surface area contributed by atoms with E-state index in [1.165, 1.54) is 19.1 Å². The Balaban J connectivity index is 1.19. The molecular formula is C41H66N2O10. The van der Waals surface area contributed by atoms with Crippen molar-refractivity contribution in [3.63, 3.8) is 0 Å². The number of amides is 1. The Morgan fingerprint density at radius 1 is 0.887 bits per heavy atom. The van der Waals surface area contributed by atoms with Gasteiger partial charge in [-0.3, -0.25) is 19.2 Å². The minimum atomic E-state index is -1.48. The summed E-state index contributed by atoms with van der Waals surface area (Å²) in [6.07, 6.45) is 3.55. The van der Waals surface area contributed by atoms with Crippen molar-refractivity contribution in [3.05, 3.63) is 12.2 Å². The Bertz CT molecular complexity index is 1460. The zero-order valence-electron chi connectivity index (χ0n) is 33.2. The average Bonchev–Trinajstić information content (AvgIpc) is 3.49. The van der Waals surface area contributed by atoms with Crippen molar-refractivity contribution in [2.24, 2.45) is 56.7 Å². The lowest BCUT2D eigenvalue weighted by molar-refractivity contribution is -0.304. The molecule has 0 spiro atoms. The average molecular weight is 747 g/mol. The van der Waals surface area contributed by atoms with Gasteiger partial charge in [0, 0.05) is 12.3 Å². The number of hydrogen-bond acceptors (Lipinski definition) is 10. The molecule has 5 saturated carbocycles. The quantitative estimate of drug-likeness (QED) is 0.128. The van der Waals surface area contributed by atoms with Crippen LogP contribution in [0.1, 0.15) is 113 Å². The molecule has 0 aromatic heterocycles. The van der Waals surface area contributed by atoms with Crippen LogP contribution in [0.2, 0.25) is 0 Å². The van der Waals surface area contributed by atoms with Crippen LogP contribution in [0.5, 0.6) is 0 Å². The highest BCUT2D eigenvalue weighted by Gasteiger charge is 2.72. The number of carboxylic acid groups (broad SMARTS) is 1. The molecule has 0 radical (unpaired) electrons. The van der Waals surface area contributed by atoms with Gasteiger partial charge in [0.25, 0.3) is 0 Å². The van der Waals surface area contributed by atoms with E-state index in [4.69, 9.17) is 14.3 Å². The van der Waals surface area contributed by atoms with Crippen LogP contribution in [-0.4, -0.2) is 100 Å². The summed E-state index contributed by atoms with van der Waals surface area (Å²) in [7, 11) is 1.34. The maximum absolute atomic E-state index is 13.7. The van der Waals surface area contributed by atoms with Crippen LogP contribution in [0.4, 0.5) is 0 Å². The van der Waals surface area contributed by atoms with E-state index in [1.807, 2.05) is 0 Å². The second-order valence-corrected chi connectivity index (χ2v) is 19.2. The molecule has 6 rings (SSSR count). The predicted octanol–water partition coefficient (Wildman–Crippen LogP) is 4.45. The first-order valence-electron chi connectivity index (χ1n) is 20.0. The van der Waals surface area contributed by atoms with Gasteiger partial charge in [0.05, 0.1) is 25.2 Å². The van der Waals surface area contributed by atoms with Crippen molar-refractivity contribution in [2.45, 2.75) is 149 Å². The van der Waals surface area contributed by atoms with E-state index in [9.17, 15) is 34.8 Å². The number of fused-ring (bicyclic) bond motifs is 7. The number of carboxylic acids is 1. The van der Waals surface area contributed by atoms with Crippen LogP contribution in [0.25, 0.3) is 0 Å². The van der Waals surface area contributed by atoms with Gasteiger partial charge in [0.2, 0.25) is 5.91 Å². The molecule has 15 atom stereocenters. The van der Waals surface area contributed by atoms with Crippen molar-refractivity contribution >= 4 is 17.8 Å². The SMILES string of the molecule is C=C(C)[C@@H]1CC[C@]2(C(=O)O)CC[C@]3(C)[C@H](CC[C@@H]4[C@@]5(C)CC[C@H](OC(=O)CN(OC)[C@H]6O[C@H](CO)[C@H](O)[C@H](O)[C@H]6NC(C)=O)C(C)(C)[C@@H]5CC[C@]43C)[C@@H]12. The number of hydroxylamine groups is 2. The lowest BCUT2D eigenvalue weighted by Crippen LogP contribution is -2.68. The van der Waals surface area contributed by atoms with E-state index in [2.05, 4.69) is 53.4 Å². The molecule has 1 amide bonds. The number of nitrogens with one attached hydrogen (secondary N) is 1. The van der Waals surface area contributed by atoms with Gasteiger partial charge in [0.15, 0.2) is 6.23 Å². The number of aliphatic hydroxyl groups is 3. The molecule has 6 fully saturated rings. The summed E-state index contributed by atoms with van der Waals surface area (Å²) in [6.45, 7) is 18.8. The minimum absolute atomic E-state index is 0.0223. The molecule has 5 N–H and O–H groups in total. The van der Waals surface area contributed by atoms with Gasteiger partial charge in [-0.15, -0.1) is 5.06 Å². The van der Waals surface area contributed by atoms with Gasteiger partial charge >= 0.3 is 11.9 Å². The molecule has 12 nitrogen and oxygen atoms in total. The smallest absolute Gasteiger partial charge is 0.323 e. The third kappa shape index (κ3) is 6.11. The molecule has 0 bridgehead atoms. The maximum Gasteiger partial charge on any atom is 0.323 e. The molecule has 0 aromatic rings. The van der Waals surface area contributed by atoms with Crippen LogP contribution >= 0.6 is 0 Å². The molecule has 12 heteroatoms. The van der Waals surface area contributed by atoms with Crippen LogP contribution < -0.4 is 5.32 Å². The first kappa shape index (κ1) is 40.6. The van der Waals surface area contributed by atoms with Crippen LogP contribution in [0.15, 0.2) is 12.2 Å². The first-order chi connectivity index (χ1) is 24.7. The number of allylic oxidation sites excluding steroid dienone is 1. The van der Waals surface area contributed by atoms with Crippen molar-refractivity contribution in [2.75, 3.05) is 20.3 Å². The van der Waals surface area contributed by atoms with E-state index in [1.54, 1.807) is 0 Å². The summed E-state index contributed by atoms with van der Waals surface area (Å²) in [5.74, 6) is -0.106. The van der Waals surface area contributed by atoms with Gasteiger partial charge in [-0.1, -0.05) is 46.8 Å². The summed E-state index contributed by atoms with van der Waals surface area (Å²) in [5, 5.41) is 45.5. The Morgan fingerprint density at radius 3 is 2.19 bits per heavy atom. The predicted molar refractivity (Wildman–Crippen MR) is 196 cm³/mol. The van der Waals surface area contributed by atoms with Crippen molar-refractivity contribution in [1.29, 1.82) is 0 Å². The van der Waals surface area contributed by atoms with E-state index >= 15 is 0 Å². The van der Waals surface area contributed by atoms with E-state index < -0.39 is 60.4 Å². The zero-order chi connectivity index (χ0) is 39.1. The van der Waals surface area contributed by atoms with Gasteiger partial charge in [-0.25, -0.2) is 0 Å². The highest BCUT2D eigenvalue weighted by molar-refractivity contribution is 5.76. The van der Waals surface area contributed by atoms with Crippen LogP contribution in [0.3, 0.4) is 0 Å². The molecule has 1 heterocycles. The highest BCUT2D eigenvalue weighted by Crippen LogP contribution is 2.77. The van der Waals surface area contributed by atoms with Gasteiger partial charge in [0.1, 0.15) is 31.0 Å². The van der Waals surface area contributed by atoms with Crippen molar-refractivity contribution in [3.8, 4) is 0 Å². The number of aliphatic carboxylic acids is 1. The summed E-state index contributed by atoms with van der Waals surface area (Å²) >= 11 is 0. The minimum Gasteiger partial charge on any atom is -0.481 e. The molecule has 1 saturated heterocycles. The molecule has 300 valence electrons.